The molecule has 0 bridgehead atoms. The molecule has 1 fully saturated rings. The quantitative estimate of drug-likeness (QED) is 0.904. The van der Waals surface area contributed by atoms with Gasteiger partial charge in [-0.2, -0.15) is 0 Å². The molecule has 0 aliphatic carbocycles. The lowest BCUT2D eigenvalue weighted by atomic mass is 10.1. The molecule has 1 aliphatic heterocycles. The van der Waals surface area contributed by atoms with Crippen LogP contribution in [0.4, 0.5) is 0 Å². The summed E-state index contributed by atoms with van der Waals surface area (Å²) in [4.78, 5) is 14.6. The van der Waals surface area contributed by atoms with Crippen molar-refractivity contribution in [2.45, 2.75) is 32.9 Å². The second kappa shape index (κ2) is 5.89. The third-order valence-corrected chi connectivity index (χ3v) is 3.78. The van der Waals surface area contributed by atoms with Crippen molar-refractivity contribution in [1.82, 2.24) is 14.8 Å². The monoisotopic (exact) mass is 313 g/mol. The van der Waals surface area contributed by atoms with Crippen LogP contribution in [-0.2, 0) is 6.54 Å². The maximum atomic E-state index is 12.6. The molecular formula is C13H20BrN3O. The zero-order valence-corrected chi connectivity index (χ0v) is 12.5. The molecule has 1 saturated heterocycles. The summed E-state index contributed by atoms with van der Waals surface area (Å²) in [6, 6.07) is 2.28. The first kappa shape index (κ1) is 13.6. The van der Waals surface area contributed by atoms with Crippen LogP contribution in [0.25, 0.3) is 0 Å². The Morgan fingerprint density at radius 2 is 2.28 bits per heavy atom. The molecule has 4 nitrogen and oxygen atoms in total. The van der Waals surface area contributed by atoms with E-state index in [9.17, 15) is 4.79 Å². The largest absolute Gasteiger partial charge is 0.343 e. The number of nitrogens with zero attached hydrogens (tertiary/aromatic N) is 2. The van der Waals surface area contributed by atoms with E-state index in [-0.39, 0.29) is 5.91 Å². The Morgan fingerprint density at radius 3 is 2.78 bits per heavy atom. The normalized spacial score (nSPS) is 15.5. The van der Waals surface area contributed by atoms with Gasteiger partial charge in [-0.25, -0.2) is 0 Å². The molecule has 5 heteroatoms. The zero-order chi connectivity index (χ0) is 13.1. The number of aryl methyl sites for hydroxylation is 1. The molecular weight excluding hydrogens is 294 g/mol. The van der Waals surface area contributed by atoms with Crippen molar-refractivity contribution in [2.75, 3.05) is 19.6 Å². The molecule has 1 aromatic heterocycles. The average molecular weight is 314 g/mol. The summed E-state index contributed by atoms with van der Waals surface area (Å²) in [6.07, 6.45) is 2.96. The lowest BCUT2D eigenvalue weighted by Crippen LogP contribution is -2.59. The standard InChI is InChI=1S/C13H20BrN3O/c1-3-5-17(11-7-15-8-11)13(18)12-6-10(14)9-16(12)4-2/h6,9,11,15H,3-5,7-8H2,1-2H3. The Kier molecular flexibility index (Phi) is 4.45. The van der Waals surface area contributed by atoms with E-state index < -0.39 is 0 Å². The van der Waals surface area contributed by atoms with Gasteiger partial charge in [-0.3, -0.25) is 4.79 Å². The van der Waals surface area contributed by atoms with Gasteiger partial charge in [0, 0.05) is 36.8 Å². The number of hydrogen-bond donors (Lipinski definition) is 1. The van der Waals surface area contributed by atoms with Gasteiger partial charge in [-0.15, -0.1) is 0 Å². The maximum absolute atomic E-state index is 12.6. The molecule has 2 heterocycles. The van der Waals surface area contributed by atoms with E-state index in [1.807, 2.05) is 21.7 Å². The SMILES string of the molecule is CCCN(C(=O)c1cc(Br)cn1CC)C1CNC1. The highest BCUT2D eigenvalue weighted by molar-refractivity contribution is 9.10. The predicted octanol–water partition coefficient (Wildman–Crippen LogP) is 2.09. The minimum Gasteiger partial charge on any atom is -0.343 e. The first-order valence-electron chi connectivity index (χ1n) is 6.54. The van der Waals surface area contributed by atoms with Gasteiger partial charge < -0.3 is 14.8 Å². The molecule has 0 saturated carbocycles. The van der Waals surface area contributed by atoms with Crippen LogP contribution in [-0.4, -0.2) is 41.1 Å². The summed E-state index contributed by atoms with van der Waals surface area (Å²) in [7, 11) is 0. The summed E-state index contributed by atoms with van der Waals surface area (Å²) in [6.45, 7) is 7.65. The molecule has 1 amide bonds. The predicted molar refractivity (Wildman–Crippen MR) is 75.8 cm³/mol. The summed E-state index contributed by atoms with van der Waals surface area (Å²) < 4.78 is 2.97. The van der Waals surface area contributed by atoms with Gasteiger partial charge in [0.1, 0.15) is 5.69 Å². The molecule has 18 heavy (non-hydrogen) atoms. The van der Waals surface area contributed by atoms with Crippen molar-refractivity contribution in [2.24, 2.45) is 0 Å². The molecule has 2 rings (SSSR count). The fourth-order valence-corrected chi connectivity index (χ4v) is 2.71. The topological polar surface area (TPSA) is 37.3 Å². The van der Waals surface area contributed by atoms with Crippen LogP contribution in [0, 0.1) is 0 Å². The fraction of sp³-hybridized carbons (Fsp3) is 0.615. The van der Waals surface area contributed by atoms with Crippen molar-refractivity contribution in [3.63, 3.8) is 0 Å². The highest BCUT2D eigenvalue weighted by atomic mass is 79.9. The lowest BCUT2D eigenvalue weighted by molar-refractivity contribution is 0.0605. The van der Waals surface area contributed by atoms with E-state index in [1.165, 1.54) is 0 Å². The van der Waals surface area contributed by atoms with Gasteiger partial charge in [0.15, 0.2) is 0 Å². The molecule has 1 aromatic rings. The number of carbonyl (C=O) groups excluding carboxylic acids is 1. The number of nitrogens with one attached hydrogen (secondary N) is 1. The Morgan fingerprint density at radius 1 is 1.56 bits per heavy atom. The van der Waals surface area contributed by atoms with Crippen molar-refractivity contribution in [3.8, 4) is 0 Å². The number of rotatable bonds is 5. The van der Waals surface area contributed by atoms with E-state index in [0.717, 1.165) is 42.8 Å². The van der Waals surface area contributed by atoms with Gasteiger partial charge in [-0.05, 0) is 35.3 Å². The van der Waals surface area contributed by atoms with Gasteiger partial charge >= 0.3 is 0 Å². The van der Waals surface area contributed by atoms with Crippen molar-refractivity contribution >= 4 is 21.8 Å². The highest BCUT2D eigenvalue weighted by Gasteiger charge is 2.29. The van der Waals surface area contributed by atoms with Crippen LogP contribution < -0.4 is 5.32 Å². The molecule has 0 atom stereocenters. The van der Waals surface area contributed by atoms with Crippen LogP contribution in [0.15, 0.2) is 16.7 Å². The molecule has 1 N–H and O–H groups in total. The number of hydrogen-bond acceptors (Lipinski definition) is 2. The molecule has 0 aromatic carbocycles. The van der Waals surface area contributed by atoms with Crippen molar-refractivity contribution < 1.29 is 4.79 Å². The number of amides is 1. The molecule has 1 aliphatic rings. The van der Waals surface area contributed by atoms with E-state index in [0.29, 0.717) is 6.04 Å². The Hall–Kier alpha value is -0.810. The van der Waals surface area contributed by atoms with Gasteiger partial charge in [0.2, 0.25) is 0 Å². The summed E-state index contributed by atoms with van der Waals surface area (Å²) >= 11 is 3.44. The van der Waals surface area contributed by atoms with E-state index in [2.05, 4.69) is 35.1 Å². The average Bonchev–Trinajstić information content (AvgIpc) is 2.66. The Balaban J connectivity index is 2.20. The zero-order valence-electron chi connectivity index (χ0n) is 10.9. The van der Waals surface area contributed by atoms with E-state index in [4.69, 9.17) is 0 Å². The third kappa shape index (κ3) is 2.62. The summed E-state index contributed by atoms with van der Waals surface area (Å²) in [5.41, 5.74) is 0.782. The second-order valence-electron chi connectivity index (χ2n) is 4.64. The van der Waals surface area contributed by atoms with Gasteiger partial charge in [-0.1, -0.05) is 6.92 Å². The summed E-state index contributed by atoms with van der Waals surface area (Å²) in [5.74, 6) is 0.149. The van der Waals surface area contributed by atoms with Crippen molar-refractivity contribution in [3.05, 3.63) is 22.4 Å². The fourth-order valence-electron chi connectivity index (χ4n) is 2.25. The third-order valence-electron chi connectivity index (χ3n) is 3.35. The van der Waals surface area contributed by atoms with Crippen molar-refractivity contribution in [1.29, 1.82) is 0 Å². The van der Waals surface area contributed by atoms with Gasteiger partial charge in [0.25, 0.3) is 5.91 Å². The lowest BCUT2D eigenvalue weighted by Gasteiger charge is -2.38. The number of carbonyl (C=O) groups is 1. The molecule has 0 spiro atoms. The molecule has 0 radical (unpaired) electrons. The van der Waals surface area contributed by atoms with E-state index >= 15 is 0 Å². The smallest absolute Gasteiger partial charge is 0.270 e. The Bertz CT molecular complexity index is 426. The van der Waals surface area contributed by atoms with Crippen LogP contribution in [0.3, 0.4) is 0 Å². The molecule has 100 valence electrons. The first-order chi connectivity index (χ1) is 8.67. The highest BCUT2D eigenvalue weighted by Crippen LogP contribution is 2.19. The summed E-state index contributed by atoms with van der Waals surface area (Å²) in [5, 5.41) is 3.23. The van der Waals surface area contributed by atoms with Gasteiger partial charge in [0.05, 0.1) is 6.04 Å². The van der Waals surface area contributed by atoms with Crippen LogP contribution in [0.1, 0.15) is 30.8 Å². The minimum atomic E-state index is 0.149. The maximum Gasteiger partial charge on any atom is 0.270 e. The second-order valence-corrected chi connectivity index (χ2v) is 5.56. The first-order valence-corrected chi connectivity index (χ1v) is 7.34. The Labute approximate surface area is 116 Å². The number of halogens is 1. The van der Waals surface area contributed by atoms with E-state index in [1.54, 1.807) is 0 Å². The number of aromatic nitrogens is 1. The van der Waals surface area contributed by atoms with Crippen LogP contribution >= 0.6 is 15.9 Å². The van der Waals surface area contributed by atoms with Crippen LogP contribution in [0.5, 0.6) is 0 Å². The molecule has 0 unspecified atom stereocenters. The van der Waals surface area contributed by atoms with Crippen LogP contribution in [0.2, 0.25) is 0 Å². The minimum absolute atomic E-state index is 0.149.